The van der Waals surface area contributed by atoms with E-state index in [4.69, 9.17) is 10.00 Å². The van der Waals surface area contributed by atoms with Gasteiger partial charge in [-0.3, -0.25) is 0 Å². The van der Waals surface area contributed by atoms with Crippen LogP contribution in [0.25, 0.3) is 0 Å². The first-order valence-electron chi connectivity index (χ1n) is 8.06. The lowest BCUT2D eigenvalue weighted by molar-refractivity contribution is 0.141. The van der Waals surface area contributed by atoms with Crippen molar-refractivity contribution in [1.82, 2.24) is 4.90 Å². The maximum Gasteiger partial charge on any atom is 0.119 e. The van der Waals surface area contributed by atoms with Crippen molar-refractivity contribution >= 4 is 0 Å². The van der Waals surface area contributed by atoms with Crippen molar-refractivity contribution in [1.29, 1.82) is 5.26 Å². The second-order valence-corrected chi connectivity index (χ2v) is 6.05. The maximum absolute atomic E-state index is 8.76. The van der Waals surface area contributed by atoms with Crippen LogP contribution in [0.5, 0.6) is 5.75 Å². The number of nitrogens with zero attached hydrogens (tertiary/aromatic N) is 2. The van der Waals surface area contributed by atoms with Gasteiger partial charge in [-0.25, -0.2) is 0 Å². The molecule has 21 heavy (non-hydrogen) atoms. The summed E-state index contributed by atoms with van der Waals surface area (Å²) in [7, 11) is 2.21. The van der Waals surface area contributed by atoms with Crippen LogP contribution in [-0.4, -0.2) is 31.1 Å². The first-order chi connectivity index (χ1) is 10.2. The Kier molecular flexibility index (Phi) is 6.07. The number of rotatable bonds is 6. The van der Waals surface area contributed by atoms with E-state index in [1.807, 2.05) is 12.1 Å². The molecule has 1 aliphatic carbocycles. The van der Waals surface area contributed by atoms with Gasteiger partial charge >= 0.3 is 0 Å². The predicted octanol–water partition coefficient (Wildman–Crippen LogP) is 3.84. The molecule has 1 aromatic rings. The Balaban J connectivity index is 1.69. The summed E-state index contributed by atoms with van der Waals surface area (Å²) in [6, 6.07) is 10.2. The van der Waals surface area contributed by atoms with Crippen molar-refractivity contribution in [3.63, 3.8) is 0 Å². The highest BCUT2D eigenvalue weighted by Gasteiger charge is 2.22. The number of benzene rings is 1. The molecule has 0 atom stereocenters. The monoisotopic (exact) mass is 286 g/mol. The van der Waals surface area contributed by atoms with Crippen molar-refractivity contribution in [2.75, 3.05) is 20.2 Å². The minimum atomic E-state index is 0.673. The van der Waals surface area contributed by atoms with Gasteiger partial charge in [0.2, 0.25) is 0 Å². The van der Waals surface area contributed by atoms with E-state index in [9.17, 15) is 0 Å². The minimum Gasteiger partial charge on any atom is -0.492 e. The van der Waals surface area contributed by atoms with Crippen molar-refractivity contribution in [2.45, 2.75) is 45.1 Å². The molecule has 0 aliphatic heterocycles. The van der Waals surface area contributed by atoms with Crippen LogP contribution in [0, 0.1) is 17.2 Å². The average molecular weight is 286 g/mol. The van der Waals surface area contributed by atoms with Crippen molar-refractivity contribution in [3.05, 3.63) is 29.8 Å². The molecule has 0 heterocycles. The molecule has 0 bridgehead atoms. The molecule has 3 heteroatoms. The number of likely N-dealkylation sites (N-methyl/N-ethyl adjacent to an activating group) is 1. The number of hydrogen-bond acceptors (Lipinski definition) is 3. The first kappa shape index (κ1) is 15.9. The van der Waals surface area contributed by atoms with E-state index in [0.717, 1.165) is 24.3 Å². The first-order valence-corrected chi connectivity index (χ1v) is 8.06. The Morgan fingerprint density at radius 3 is 2.43 bits per heavy atom. The topological polar surface area (TPSA) is 36.3 Å². The summed E-state index contributed by atoms with van der Waals surface area (Å²) in [5.41, 5.74) is 0.673. The number of ether oxygens (including phenoxy) is 1. The molecule has 1 aliphatic rings. The largest absolute Gasteiger partial charge is 0.492 e. The Hall–Kier alpha value is -1.53. The molecule has 1 saturated carbocycles. The number of hydrogen-bond donors (Lipinski definition) is 0. The average Bonchev–Trinajstić information content (AvgIpc) is 2.55. The van der Waals surface area contributed by atoms with Gasteiger partial charge in [-0.05, 0) is 62.9 Å². The van der Waals surface area contributed by atoms with Gasteiger partial charge in [0.25, 0.3) is 0 Å². The Morgan fingerprint density at radius 2 is 1.86 bits per heavy atom. The Morgan fingerprint density at radius 1 is 1.19 bits per heavy atom. The van der Waals surface area contributed by atoms with Gasteiger partial charge in [0.05, 0.1) is 11.6 Å². The van der Waals surface area contributed by atoms with Crippen molar-refractivity contribution < 1.29 is 4.74 Å². The van der Waals surface area contributed by atoms with Crippen molar-refractivity contribution in [2.24, 2.45) is 5.92 Å². The third kappa shape index (κ3) is 4.75. The van der Waals surface area contributed by atoms with Crippen LogP contribution < -0.4 is 4.74 Å². The molecule has 0 amide bonds. The Labute approximate surface area is 128 Å². The zero-order valence-electron chi connectivity index (χ0n) is 13.2. The van der Waals surface area contributed by atoms with E-state index in [-0.39, 0.29) is 0 Å². The summed E-state index contributed by atoms with van der Waals surface area (Å²) in [5.74, 6) is 1.79. The fourth-order valence-corrected chi connectivity index (χ4v) is 3.11. The molecule has 1 fully saturated rings. The smallest absolute Gasteiger partial charge is 0.119 e. The summed E-state index contributed by atoms with van der Waals surface area (Å²) < 4.78 is 5.76. The summed E-state index contributed by atoms with van der Waals surface area (Å²) in [5, 5.41) is 8.76. The van der Waals surface area contributed by atoms with Crippen LogP contribution in [0.4, 0.5) is 0 Å². The normalized spacial score (nSPS) is 22.0. The molecule has 0 saturated heterocycles. The zero-order chi connectivity index (χ0) is 15.1. The third-order valence-corrected chi connectivity index (χ3v) is 4.71. The Bertz CT molecular complexity index is 455. The highest BCUT2D eigenvalue weighted by atomic mass is 16.5. The quantitative estimate of drug-likeness (QED) is 0.797. The van der Waals surface area contributed by atoms with Gasteiger partial charge in [0.15, 0.2) is 0 Å². The molecule has 1 aromatic carbocycles. The van der Waals surface area contributed by atoms with Gasteiger partial charge in [-0.1, -0.05) is 13.3 Å². The van der Waals surface area contributed by atoms with Crippen LogP contribution in [0.3, 0.4) is 0 Å². The van der Waals surface area contributed by atoms with Gasteiger partial charge < -0.3 is 9.64 Å². The summed E-state index contributed by atoms with van der Waals surface area (Å²) in [4.78, 5) is 2.44. The fraction of sp³-hybridized carbons (Fsp3) is 0.611. The molecule has 0 unspecified atom stereocenters. The fourth-order valence-electron chi connectivity index (χ4n) is 3.11. The second-order valence-electron chi connectivity index (χ2n) is 6.05. The van der Waals surface area contributed by atoms with Crippen LogP contribution in [0.15, 0.2) is 24.3 Å². The molecule has 114 valence electrons. The van der Waals surface area contributed by atoms with E-state index < -0.39 is 0 Å². The lowest BCUT2D eigenvalue weighted by Gasteiger charge is -2.34. The van der Waals surface area contributed by atoms with Gasteiger partial charge in [-0.15, -0.1) is 0 Å². The van der Waals surface area contributed by atoms with Gasteiger partial charge in [-0.2, -0.15) is 5.26 Å². The molecule has 3 nitrogen and oxygen atoms in total. The van der Waals surface area contributed by atoms with E-state index >= 15 is 0 Å². The molecule has 0 aromatic heterocycles. The van der Waals surface area contributed by atoms with E-state index in [1.165, 1.54) is 32.1 Å². The van der Waals surface area contributed by atoms with E-state index in [1.54, 1.807) is 12.1 Å². The molecular weight excluding hydrogens is 260 g/mol. The van der Waals surface area contributed by atoms with Gasteiger partial charge in [0, 0.05) is 12.6 Å². The lowest BCUT2D eigenvalue weighted by Crippen LogP contribution is -2.37. The standard InChI is InChI=1S/C18H26N2O/c1-3-15-4-8-17(9-5-15)20(2)12-13-21-18-10-6-16(14-19)7-11-18/h6-7,10-11,15,17H,3-5,8-9,12-13H2,1-2H3. The summed E-state index contributed by atoms with van der Waals surface area (Å²) in [6.45, 7) is 3.97. The predicted molar refractivity (Wildman–Crippen MR) is 85.3 cm³/mol. The molecule has 0 N–H and O–H groups in total. The van der Waals surface area contributed by atoms with Crippen molar-refractivity contribution in [3.8, 4) is 11.8 Å². The van der Waals surface area contributed by atoms with Crippen LogP contribution in [0.1, 0.15) is 44.6 Å². The highest BCUT2D eigenvalue weighted by molar-refractivity contribution is 5.34. The van der Waals surface area contributed by atoms with E-state index in [2.05, 4.69) is 24.9 Å². The molecule has 0 spiro atoms. The lowest BCUT2D eigenvalue weighted by atomic mass is 9.84. The molecular formula is C18H26N2O. The third-order valence-electron chi connectivity index (χ3n) is 4.71. The summed E-state index contributed by atoms with van der Waals surface area (Å²) >= 11 is 0. The van der Waals surface area contributed by atoms with Crippen LogP contribution in [0.2, 0.25) is 0 Å². The van der Waals surface area contributed by atoms with Crippen LogP contribution >= 0.6 is 0 Å². The zero-order valence-corrected chi connectivity index (χ0v) is 13.2. The van der Waals surface area contributed by atoms with E-state index in [0.29, 0.717) is 12.2 Å². The highest BCUT2D eigenvalue weighted by Crippen LogP contribution is 2.28. The maximum atomic E-state index is 8.76. The van der Waals surface area contributed by atoms with Gasteiger partial charge in [0.1, 0.15) is 12.4 Å². The SMILES string of the molecule is CCC1CCC(N(C)CCOc2ccc(C#N)cc2)CC1. The molecule has 2 rings (SSSR count). The summed E-state index contributed by atoms with van der Waals surface area (Å²) in [6.07, 6.45) is 6.74. The number of nitriles is 1. The second kappa shape index (κ2) is 8.05. The van der Waals surface area contributed by atoms with Crippen LogP contribution in [-0.2, 0) is 0 Å². The molecule has 0 radical (unpaired) electrons. The minimum absolute atomic E-state index is 0.673.